The molecule has 1 N–H and O–H groups in total. The second kappa shape index (κ2) is 7.07. The van der Waals surface area contributed by atoms with Gasteiger partial charge in [-0.3, -0.25) is 0 Å². The molecule has 0 aliphatic carbocycles. The van der Waals surface area contributed by atoms with E-state index < -0.39 is 0 Å². The lowest BCUT2D eigenvalue weighted by Gasteiger charge is -2.17. The second-order valence-electron chi connectivity index (χ2n) is 4.32. The van der Waals surface area contributed by atoms with Crippen LogP contribution >= 0.6 is 0 Å². The quantitative estimate of drug-likeness (QED) is 0.579. The molecule has 0 spiro atoms. The van der Waals surface area contributed by atoms with Crippen LogP contribution < -0.4 is 10.2 Å². The second-order valence-corrected chi connectivity index (χ2v) is 4.32. The smallest absolute Gasteiger partial charge is 0.129 e. The molecule has 0 saturated heterocycles. The van der Waals surface area contributed by atoms with Crippen LogP contribution in [0.15, 0.2) is 24.8 Å². The molecule has 3 heteroatoms. The number of pyridine rings is 1. The number of hydrogen-bond donors (Lipinski definition) is 1. The molecule has 0 aliphatic heterocycles. The van der Waals surface area contributed by atoms with E-state index in [2.05, 4.69) is 40.8 Å². The first-order chi connectivity index (χ1) is 8.17. The number of aromatic nitrogens is 1. The summed E-state index contributed by atoms with van der Waals surface area (Å²) < 4.78 is 0. The van der Waals surface area contributed by atoms with E-state index in [1.165, 1.54) is 5.56 Å². The molecule has 0 aromatic carbocycles. The number of likely N-dealkylation sites (N-methyl/N-ethyl adjacent to an activating group) is 1. The van der Waals surface area contributed by atoms with Crippen LogP contribution in [0.5, 0.6) is 0 Å². The van der Waals surface area contributed by atoms with Crippen LogP contribution in [0.4, 0.5) is 5.82 Å². The molecule has 17 heavy (non-hydrogen) atoms. The van der Waals surface area contributed by atoms with Crippen molar-refractivity contribution in [3.05, 3.63) is 36.0 Å². The van der Waals surface area contributed by atoms with Crippen molar-refractivity contribution in [3.8, 4) is 0 Å². The van der Waals surface area contributed by atoms with Crippen LogP contribution in [0.2, 0.25) is 0 Å². The highest BCUT2D eigenvalue weighted by Gasteiger charge is 2.03. The zero-order valence-electron chi connectivity index (χ0n) is 11.2. The van der Waals surface area contributed by atoms with Gasteiger partial charge in [0, 0.05) is 25.8 Å². The van der Waals surface area contributed by atoms with Gasteiger partial charge in [-0.2, -0.15) is 0 Å². The lowest BCUT2D eigenvalue weighted by atomic mass is 10.2. The fraction of sp³-hybridized carbons (Fsp3) is 0.500. The van der Waals surface area contributed by atoms with Crippen molar-refractivity contribution in [1.29, 1.82) is 0 Å². The third kappa shape index (κ3) is 4.57. The van der Waals surface area contributed by atoms with Crippen molar-refractivity contribution in [1.82, 2.24) is 10.3 Å². The van der Waals surface area contributed by atoms with Crippen molar-refractivity contribution in [2.75, 3.05) is 25.0 Å². The number of nitrogens with zero attached hydrogens (tertiary/aromatic N) is 2. The van der Waals surface area contributed by atoms with Gasteiger partial charge >= 0.3 is 0 Å². The van der Waals surface area contributed by atoms with Gasteiger partial charge < -0.3 is 10.2 Å². The number of aryl methyl sites for hydroxylation is 1. The van der Waals surface area contributed by atoms with Gasteiger partial charge in [0.25, 0.3) is 0 Å². The maximum Gasteiger partial charge on any atom is 0.129 e. The van der Waals surface area contributed by atoms with E-state index >= 15 is 0 Å². The van der Waals surface area contributed by atoms with Crippen molar-refractivity contribution in [3.63, 3.8) is 0 Å². The lowest BCUT2D eigenvalue weighted by Crippen LogP contribution is -2.19. The first kappa shape index (κ1) is 13.7. The number of rotatable bonds is 7. The Bertz CT molecular complexity index is 360. The average Bonchev–Trinajstić information content (AvgIpc) is 2.29. The molecule has 0 amide bonds. The zero-order valence-corrected chi connectivity index (χ0v) is 11.2. The monoisotopic (exact) mass is 233 g/mol. The van der Waals surface area contributed by atoms with E-state index in [1.54, 1.807) is 0 Å². The molecular formula is C14H23N3. The van der Waals surface area contributed by atoms with Crippen molar-refractivity contribution >= 4 is 5.82 Å². The van der Waals surface area contributed by atoms with Gasteiger partial charge in [-0.15, -0.1) is 6.58 Å². The topological polar surface area (TPSA) is 28.2 Å². The Hall–Kier alpha value is -1.35. The van der Waals surface area contributed by atoms with E-state index in [1.807, 2.05) is 20.0 Å². The Morgan fingerprint density at radius 3 is 2.88 bits per heavy atom. The van der Waals surface area contributed by atoms with Gasteiger partial charge in [-0.25, -0.2) is 4.98 Å². The molecule has 0 radical (unpaired) electrons. The minimum atomic E-state index is 0.818. The van der Waals surface area contributed by atoms with Gasteiger partial charge in [0.2, 0.25) is 0 Å². The number of anilines is 1. The van der Waals surface area contributed by atoms with Crippen molar-refractivity contribution < 1.29 is 0 Å². The highest BCUT2D eigenvalue weighted by molar-refractivity contribution is 5.42. The van der Waals surface area contributed by atoms with E-state index in [0.29, 0.717) is 0 Å². The molecule has 0 saturated carbocycles. The van der Waals surface area contributed by atoms with E-state index in [4.69, 9.17) is 0 Å². The van der Waals surface area contributed by atoms with Crippen LogP contribution in [0.1, 0.15) is 24.6 Å². The summed E-state index contributed by atoms with van der Waals surface area (Å²) in [6, 6.07) is 4.27. The van der Waals surface area contributed by atoms with E-state index in [0.717, 1.165) is 37.6 Å². The zero-order chi connectivity index (χ0) is 12.7. The highest BCUT2D eigenvalue weighted by atomic mass is 15.2. The summed E-state index contributed by atoms with van der Waals surface area (Å²) in [5, 5.41) is 3.41. The lowest BCUT2D eigenvalue weighted by molar-refractivity contribution is 0.674. The predicted molar refractivity (Wildman–Crippen MR) is 74.4 cm³/mol. The van der Waals surface area contributed by atoms with Gasteiger partial charge in [0.1, 0.15) is 5.82 Å². The Labute approximate surface area is 105 Å². The first-order valence-electron chi connectivity index (χ1n) is 6.17. The molecule has 3 nitrogen and oxygen atoms in total. The summed E-state index contributed by atoms with van der Waals surface area (Å²) in [6.45, 7) is 10.7. The minimum Gasteiger partial charge on any atom is -0.356 e. The Morgan fingerprint density at radius 2 is 2.24 bits per heavy atom. The molecule has 0 fully saturated rings. The molecular weight excluding hydrogens is 210 g/mol. The summed E-state index contributed by atoms with van der Waals surface area (Å²) in [4.78, 5) is 6.63. The molecule has 1 aromatic rings. The predicted octanol–water partition coefficient (Wildman–Crippen LogP) is 2.51. The summed E-state index contributed by atoms with van der Waals surface area (Å²) in [5.41, 5.74) is 2.35. The Kier molecular flexibility index (Phi) is 5.70. The van der Waals surface area contributed by atoms with E-state index in [-0.39, 0.29) is 0 Å². The Balaban J connectivity index is 2.75. The molecule has 0 unspecified atom stereocenters. The maximum absolute atomic E-state index is 4.53. The molecule has 0 bridgehead atoms. The van der Waals surface area contributed by atoms with Crippen LogP contribution in [-0.4, -0.2) is 25.1 Å². The SMILES string of the molecule is C=CCN(C)c1cc(CNCCC)cc(C)n1. The Morgan fingerprint density at radius 1 is 1.47 bits per heavy atom. The fourth-order valence-corrected chi connectivity index (χ4v) is 1.72. The molecule has 94 valence electrons. The summed E-state index contributed by atoms with van der Waals surface area (Å²) in [7, 11) is 2.03. The largest absolute Gasteiger partial charge is 0.356 e. The number of hydrogen-bond acceptors (Lipinski definition) is 3. The number of nitrogens with one attached hydrogen (secondary N) is 1. The van der Waals surface area contributed by atoms with Crippen LogP contribution in [-0.2, 0) is 6.54 Å². The van der Waals surface area contributed by atoms with Gasteiger partial charge in [0.05, 0.1) is 0 Å². The molecule has 0 atom stereocenters. The molecule has 1 heterocycles. The van der Waals surface area contributed by atoms with Gasteiger partial charge in [-0.05, 0) is 37.6 Å². The van der Waals surface area contributed by atoms with Crippen LogP contribution in [0, 0.1) is 6.92 Å². The summed E-state index contributed by atoms with van der Waals surface area (Å²) in [5.74, 6) is 1.01. The molecule has 0 aliphatic rings. The minimum absolute atomic E-state index is 0.818. The highest BCUT2D eigenvalue weighted by Crippen LogP contribution is 2.13. The van der Waals surface area contributed by atoms with Crippen LogP contribution in [0.25, 0.3) is 0 Å². The third-order valence-electron chi connectivity index (χ3n) is 2.55. The fourth-order valence-electron chi connectivity index (χ4n) is 1.72. The summed E-state index contributed by atoms with van der Waals surface area (Å²) in [6.07, 6.45) is 3.05. The molecule has 1 aromatic heterocycles. The van der Waals surface area contributed by atoms with Gasteiger partial charge in [0.15, 0.2) is 0 Å². The third-order valence-corrected chi connectivity index (χ3v) is 2.55. The normalized spacial score (nSPS) is 10.3. The standard InChI is InChI=1S/C14H23N3/c1-5-7-15-11-13-9-12(3)16-14(10-13)17(4)8-6-2/h6,9-10,15H,2,5,7-8,11H2,1,3-4H3. The van der Waals surface area contributed by atoms with Crippen LogP contribution in [0.3, 0.4) is 0 Å². The van der Waals surface area contributed by atoms with Gasteiger partial charge in [-0.1, -0.05) is 13.0 Å². The average molecular weight is 233 g/mol. The molecule has 1 rings (SSSR count). The van der Waals surface area contributed by atoms with E-state index in [9.17, 15) is 0 Å². The maximum atomic E-state index is 4.53. The summed E-state index contributed by atoms with van der Waals surface area (Å²) >= 11 is 0. The first-order valence-corrected chi connectivity index (χ1v) is 6.17. The van der Waals surface area contributed by atoms with Crippen molar-refractivity contribution in [2.24, 2.45) is 0 Å². The van der Waals surface area contributed by atoms with Crippen molar-refractivity contribution in [2.45, 2.75) is 26.8 Å².